The number of rotatable bonds is 1. The van der Waals surface area contributed by atoms with Gasteiger partial charge >= 0.3 is 0 Å². The normalized spacial score (nSPS) is 14.9. The number of benzene rings is 1. The molecule has 2 N–H and O–H groups in total. The Labute approximate surface area is 89.8 Å². The summed E-state index contributed by atoms with van der Waals surface area (Å²) < 4.78 is 0. The number of primary amides is 1. The largest absolute Gasteiger partial charge is 0.366 e. The minimum absolute atomic E-state index is 0.0578. The van der Waals surface area contributed by atoms with Gasteiger partial charge in [0.1, 0.15) is 0 Å². The highest BCUT2D eigenvalue weighted by molar-refractivity contribution is 8.15. The first-order chi connectivity index (χ1) is 7.09. The lowest BCUT2D eigenvalue weighted by atomic mass is 10.0. The Bertz CT molecular complexity index is 482. The SMILES string of the molecule is NC(=O)c1cccc2c1SC(=O)C(=O)C2. The van der Waals surface area contributed by atoms with Gasteiger partial charge in [-0.15, -0.1) is 0 Å². The van der Waals surface area contributed by atoms with Crippen molar-refractivity contribution in [2.24, 2.45) is 5.73 Å². The number of nitrogens with two attached hydrogens (primary N) is 1. The van der Waals surface area contributed by atoms with Crippen LogP contribution in [0.5, 0.6) is 0 Å². The predicted octanol–water partition coefficient (Wildman–Crippen LogP) is 0.529. The summed E-state index contributed by atoms with van der Waals surface area (Å²) in [6, 6.07) is 4.93. The Hall–Kier alpha value is -1.62. The summed E-state index contributed by atoms with van der Waals surface area (Å²) in [5.74, 6) is -1.02. The zero-order chi connectivity index (χ0) is 11.0. The van der Waals surface area contributed by atoms with Crippen LogP contribution in [0.25, 0.3) is 0 Å². The molecule has 76 valence electrons. The molecule has 1 aromatic carbocycles. The number of Topliss-reactive ketones (excluding diaryl/α,β-unsaturated/α-hetero) is 1. The van der Waals surface area contributed by atoms with Crippen LogP contribution in [0, 0.1) is 0 Å². The molecule has 4 nitrogen and oxygen atoms in total. The van der Waals surface area contributed by atoms with E-state index in [9.17, 15) is 14.4 Å². The van der Waals surface area contributed by atoms with Gasteiger partial charge in [0, 0.05) is 11.3 Å². The molecule has 0 fully saturated rings. The molecular weight excluding hydrogens is 214 g/mol. The zero-order valence-corrected chi connectivity index (χ0v) is 8.47. The Morgan fingerprint density at radius 2 is 2.07 bits per heavy atom. The van der Waals surface area contributed by atoms with Crippen molar-refractivity contribution in [3.8, 4) is 0 Å². The molecule has 0 atom stereocenters. The molecule has 2 rings (SSSR count). The summed E-state index contributed by atoms with van der Waals surface area (Å²) in [7, 11) is 0. The van der Waals surface area contributed by atoms with Crippen molar-refractivity contribution in [2.45, 2.75) is 11.3 Å². The topological polar surface area (TPSA) is 77.2 Å². The molecule has 1 aliphatic heterocycles. The summed E-state index contributed by atoms with van der Waals surface area (Å²) in [5.41, 5.74) is 6.17. The van der Waals surface area contributed by atoms with Gasteiger partial charge in [0.2, 0.25) is 11.7 Å². The summed E-state index contributed by atoms with van der Waals surface area (Å²) in [4.78, 5) is 33.9. The van der Waals surface area contributed by atoms with E-state index in [1.807, 2.05) is 0 Å². The molecule has 0 saturated heterocycles. The molecule has 0 radical (unpaired) electrons. The lowest BCUT2D eigenvalue weighted by molar-refractivity contribution is -0.131. The maximum Gasteiger partial charge on any atom is 0.260 e. The van der Waals surface area contributed by atoms with E-state index in [0.29, 0.717) is 16.0 Å². The Kier molecular flexibility index (Phi) is 2.32. The molecule has 1 aliphatic rings. The predicted molar refractivity (Wildman–Crippen MR) is 54.5 cm³/mol. The second-order valence-corrected chi connectivity index (χ2v) is 4.13. The van der Waals surface area contributed by atoms with Gasteiger partial charge in [-0.25, -0.2) is 0 Å². The number of ketones is 1. The maximum atomic E-state index is 11.2. The molecule has 5 heteroatoms. The number of amides is 1. The monoisotopic (exact) mass is 221 g/mol. The number of thioether (sulfide) groups is 1. The molecular formula is C10H7NO3S. The molecule has 0 aliphatic carbocycles. The van der Waals surface area contributed by atoms with Gasteiger partial charge in [-0.05, 0) is 23.4 Å². The van der Waals surface area contributed by atoms with Crippen LogP contribution in [-0.2, 0) is 16.0 Å². The van der Waals surface area contributed by atoms with E-state index in [-0.39, 0.29) is 6.42 Å². The standard InChI is InChI=1S/C10H7NO3S/c11-9(13)6-3-1-2-5-4-7(12)10(14)15-8(5)6/h1-3H,4H2,(H2,11,13). The van der Waals surface area contributed by atoms with Gasteiger partial charge < -0.3 is 5.73 Å². The van der Waals surface area contributed by atoms with E-state index in [1.54, 1.807) is 18.2 Å². The highest BCUT2D eigenvalue weighted by atomic mass is 32.2. The highest BCUT2D eigenvalue weighted by Crippen LogP contribution is 2.32. The van der Waals surface area contributed by atoms with E-state index in [4.69, 9.17) is 5.73 Å². The van der Waals surface area contributed by atoms with Crippen LogP contribution in [-0.4, -0.2) is 16.8 Å². The first-order valence-corrected chi connectivity index (χ1v) is 5.08. The minimum Gasteiger partial charge on any atom is -0.366 e. The molecule has 0 spiro atoms. The first-order valence-electron chi connectivity index (χ1n) is 4.26. The molecule has 15 heavy (non-hydrogen) atoms. The van der Waals surface area contributed by atoms with Gasteiger partial charge in [0.25, 0.3) is 5.12 Å². The average Bonchev–Trinajstić information content (AvgIpc) is 2.18. The van der Waals surface area contributed by atoms with Crippen LogP contribution in [0.1, 0.15) is 15.9 Å². The lowest BCUT2D eigenvalue weighted by Crippen LogP contribution is -2.21. The summed E-state index contributed by atoms with van der Waals surface area (Å²) in [6.45, 7) is 0. The summed E-state index contributed by atoms with van der Waals surface area (Å²) in [6.07, 6.45) is 0.0578. The maximum absolute atomic E-state index is 11.2. The molecule has 0 saturated carbocycles. The van der Waals surface area contributed by atoms with Crippen molar-refractivity contribution >= 4 is 28.6 Å². The zero-order valence-electron chi connectivity index (χ0n) is 7.65. The van der Waals surface area contributed by atoms with Gasteiger partial charge in [0.15, 0.2) is 0 Å². The Morgan fingerprint density at radius 3 is 2.73 bits per heavy atom. The van der Waals surface area contributed by atoms with Gasteiger partial charge in [0.05, 0.1) is 5.56 Å². The fourth-order valence-corrected chi connectivity index (χ4v) is 2.35. The van der Waals surface area contributed by atoms with E-state index in [0.717, 1.165) is 11.8 Å². The fraction of sp³-hybridized carbons (Fsp3) is 0.100. The van der Waals surface area contributed by atoms with Crippen LogP contribution >= 0.6 is 11.8 Å². The lowest BCUT2D eigenvalue weighted by Gasteiger charge is -2.15. The van der Waals surface area contributed by atoms with E-state index < -0.39 is 16.8 Å². The Morgan fingerprint density at radius 1 is 1.33 bits per heavy atom. The molecule has 0 aromatic heterocycles. The van der Waals surface area contributed by atoms with Crippen LogP contribution in [0.4, 0.5) is 0 Å². The van der Waals surface area contributed by atoms with Crippen LogP contribution in [0.2, 0.25) is 0 Å². The third-order valence-electron chi connectivity index (χ3n) is 2.14. The van der Waals surface area contributed by atoms with Gasteiger partial charge in [-0.2, -0.15) is 0 Å². The minimum atomic E-state index is -0.582. The molecule has 0 bridgehead atoms. The molecule has 1 amide bonds. The van der Waals surface area contributed by atoms with Crippen molar-refractivity contribution in [3.05, 3.63) is 29.3 Å². The summed E-state index contributed by atoms with van der Waals surface area (Å²) in [5, 5.41) is -0.531. The molecule has 0 unspecified atom stereocenters. The van der Waals surface area contributed by atoms with Crippen molar-refractivity contribution in [1.82, 2.24) is 0 Å². The van der Waals surface area contributed by atoms with Crippen molar-refractivity contribution < 1.29 is 14.4 Å². The van der Waals surface area contributed by atoms with Gasteiger partial charge in [-0.3, -0.25) is 14.4 Å². The third-order valence-corrected chi connectivity index (χ3v) is 3.23. The van der Waals surface area contributed by atoms with E-state index >= 15 is 0 Å². The van der Waals surface area contributed by atoms with Crippen LogP contribution < -0.4 is 5.73 Å². The smallest absolute Gasteiger partial charge is 0.260 e. The molecule has 1 heterocycles. The van der Waals surface area contributed by atoms with Crippen molar-refractivity contribution in [1.29, 1.82) is 0 Å². The Balaban J connectivity index is 2.57. The number of fused-ring (bicyclic) bond motifs is 1. The van der Waals surface area contributed by atoms with Crippen molar-refractivity contribution in [2.75, 3.05) is 0 Å². The quantitative estimate of drug-likeness (QED) is 0.702. The van der Waals surface area contributed by atoms with Crippen LogP contribution in [0.3, 0.4) is 0 Å². The average molecular weight is 221 g/mol. The number of hydrogen-bond donors (Lipinski definition) is 1. The number of hydrogen-bond acceptors (Lipinski definition) is 4. The second kappa shape index (κ2) is 3.51. The number of carbonyl (C=O) groups excluding carboxylic acids is 3. The van der Waals surface area contributed by atoms with Gasteiger partial charge in [-0.1, -0.05) is 12.1 Å². The fourth-order valence-electron chi connectivity index (χ4n) is 1.43. The summed E-state index contributed by atoms with van der Waals surface area (Å²) >= 11 is 0.786. The van der Waals surface area contributed by atoms with E-state index in [1.165, 1.54) is 0 Å². The first kappa shape index (κ1) is 9.92. The van der Waals surface area contributed by atoms with Crippen molar-refractivity contribution in [3.63, 3.8) is 0 Å². The third kappa shape index (κ3) is 1.66. The van der Waals surface area contributed by atoms with Crippen LogP contribution in [0.15, 0.2) is 23.1 Å². The molecule has 1 aromatic rings. The second-order valence-electron chi connectivity index (χ2n) is 3.15. The highest BCUT2D eigenvalue weighted by Gasteiger charge is 2.27. The van der Waals surface area contributed by atoms with E-state index in [2.05, 4.69) is 0 Å². The number of carbonyl (C=O) groups is 3.